The monoisotopic (exact) mass is 428 g/mol. The number of esters is 1. The number of hydrogen-bond donors (Lipinski definition) is 0. The molecule has 0 unspecified atom stereocenters. The first-order valence-electron chi connectivity index (χ1n) is 11.5. The number of rotatable bonds is 1. The van der Waals surface area contributed by atoms with Crippen molar-refractivity contribution in [1.82, 2.24) is 0 Å². The molecule has 0 aromatic rings. The normalized spacial score (nSPS) is 35.9. The van der Waals surface area contributed by atoms with Gasteiger partial charge in [0.05, 0.1) is 18.8 Å². The summed E-state index contributed by atoms with van der Waals surface area (Å²) in [6.07, 6.45) is 13.6. The zero-order valence-corrected chi connectivity index (χ0v) is 19.1. The Kier molecular flexibility index (Phi) is 8.54. The van der Waals surface area contributed by atoms with Crippen LogP contribution in [-0.2, 0) is 23.7 Å². The number of carbonyl (C=O) groups is 1. The standard InChI is InChI=1S/C26H36O5/c1-19-10-6-5-7-14-23(24-18-28-26(3,4)31-24)30-25(27)15-9-12-21-11-8-13-22(29-21)17-20(2)16-19/h5,7-8,11,20-24H,1,6,10,12-14,16-18H2,2-4H3/b7-5+/t20-,21-,22-,23-,24-/m0/s1. The number of cyclic esters (lactones) is 1. The van der Waals surface area contributed by atoms with Crippen LogP contribution in [0.25, 0.3) is 0 Å². The first-order valence-corrected chi connectivity index (χ1v) is 11.5. The average Bonchev–Trinajstić information content (AvgIpc) is 3.06. The molecule has 1 fully saturated rings. The molecule has 3 heterocycles. The fourth-order valence-corrected chi connectivity index (χ4v) is 4.33. The lowest BCUT2D eigenvalue weighted by Crippen LogP contribution is -2.34. The molecule has 0 N–H and O–H groups in total. The lowest BCUT2D eigenvalue weighted by Gasteiger charge is -2.27. The molecule has 3 rings (SSSR count). The second kappa shape index (κ2) is 11.1. The Bertz CT molecular complexity index is 753. The Labute approximate surface area is 186 Å². The summed E-state index contributed by atoms with van der Waals surface area (Å²) < 4.78 is 23.4. The summed E-state index contributed by atoms with van der Waals surface area (Å²) in [7, 11) is 0. The van der Waals surface area contributed by atoms with Crippen LogP contribution in [0.2, 0.25) is 0 Å². The van der Waals surface area contributed by atoms with Crippen molar-refractivity contribution < 1.29 is 23.7 Å². The highest BCUT2D eigenvalue weighted by molar-refractivity contribution is 5.88. The SMILES string of the molecule is C=C1CC/C=C/C[C@@H]([C@@H]2COC(C)(C)O2)OC(=O)C#CC[C@@H]2C=CC[C@@H](C[C@@H](C)C1)O2. The molecular weight excluding hydrogens is 392 g/mol. The minimum atomic E-state index is -0.673. The summed E-state index contributed by atoms with van der Waals surface area (Å²) >= 11 is 0. The third-order valence-electron chi connectivity index (χ3n) is 5.82. The average molecular weight is 429 g/mol. The molecule has 0 amide bonds. The second-order valence-corrected chi connectivity index (χ2v) is 9.32. The Hall–Kier alpha value is -1.87. The fourth-order valence-electron chi connectivity index (χ4n) is 4.33. The molecule has 2 bridgehead atoms. The van der Waals surface area contributed by atoms with Gasteiger partial charge in [0.15, 0.2) is 5.79 Å². The summed E-state index contributed by atoms with van der Waals surface area (Å²) in [6, 6.07) is 0. The second-order valence-electron chi connectivity index (χ2n) is 9.32. The number of allylic oxidation sites excluding steroid dienone is 2. The third-order valence-corrected chi connectivity index (χ3v) is 5.82. The molecule has 3 aliphatic heterocycles. The predicted octanol–water partition coefficient (Wildman–Crippen LogP) is 4.87. The van der Waals surface area contributed by atoms with E-state index in [-0.39, 0.29) is 18.3 Å². The maximum Gasteiger partial charge on any atom is 0.384 e. The molecular formula is C26H36O5. The number of hydrogen-bond acceptors (Lipinski definition) is 5. The van der Waals surface area contributed by atoms with Crippen LogP contribution >= 0.6 is 0 Å². The number of fused-ring (bicyclic) bond motifs is 2. The maximum atomic E-state index is 12.4. The highest BCUT2D eigenvalue weighted by Crippen LogP contribution is 2.28. The molecule has 0 aromatic carbocycles. The van der Waals surface area contributed by atoms with Crippen molar-refractivity contribution in [3.8, 4) is 11.8 Å². The van der Waals surface area contributed by atoms with E-state index in [1.807, 2.05) is 19.9 Å². The Morgan fingerprint density at radius 3 is 2.77 bits per heavy atom. The molecule has 1 saturated heterocycles. The molecule has 0 spiro atoms. The van der Waals surface area contributed by atoms with Crippen LogP contribution in [0.5, 0.6) is 0 Å². The fraction of sp³-hybridized carbons (Fsp3) is 0.654. The minimum absolute atomic E-state index is 0.0839. The van der Waals surface area contributed by atoms with Crippen molar-refractivity contribution in [1.29, 1.82) is 0 Å². The van der Waals surface area contributed by atoms with Crippen LogP contribution in [0.3, 0.4) is 0 Å². The molecule has 5 nitrogen and oxygen atoms in total. The lowest BCUT2D eigenvalue weighted by molar-refractivity contribution is -0.166. The summed E-state index contributed by atoms with van der Waals surface area (Å²) in [5.74, 6) is 4.88. The molecule has 3 aliphatic rings. The molecule has 0 aliphatic carbocycles. The molecule has 0 saturated carbocycles. The number of ether oxygens (including phenoxy) is 4. The van der Waals surface area contributed by atoms with Crippen LogP contribution in [0.15, 0.2) is 36.5 Å². The van der Waals surface area contributed by atoms with Gasteiger partial charge in [-0.2, -0.15) is 0 Å². The summed E-state index contributed by atoms with van der Waals surface area (Å²) in [5, 5.41) is 0. The van der Waals surface area contributed by atoms with E-state index >= 15 is 0 Å². The molecule has 5 atom stereocenters. The minimum Gasteiger partial charge on any atom is -0.450 e. The van der Waals surface area contributed by atoms with Gasteiger partial charge in [-0.1, -0.05) is 49.3 Å². The Balaban J connectivity index is 1.69. The zero-order valence-electron chi connectivity index (χ0n) is 19.1. The van der Waals surface area contributed by atoms with Crippen LogP contribution in [0, 0.1) is 17.8 Å². The van der Waals surface area contributed by atoms with Gasteiger partial charge in [-0.3, -0.25) is 0 Å². The van der Waals surface area contributed by atoms with E-state index in [0.29, 0.717) is 25.4 Å². The Morgan fingerprint density at radius 2 is 2.00 bits per heavy atom. The first kappa shape index (κ1) is 23.8. The highest BCUT2D eigenvalue weighted by atomic mass is 16.8. The van der Waals surface area contributed by atoms with Crippen LogP contribution in [0.1, 0.15) is 65.7 Å². The first-order chi connectivity index (χ1) is 14.8. The van der Waals surface area contributed by atoms with E-state index in [2.05, 4.69) is 43.6 Å². The van der Waals surface area contributed by atoms with Gasteiger partial charge in [0.1, 0.15) is 12.2 Å². The molecule has 170 valence electrons. The van der Waals surface area contributed by atoms with Crippen LogP contribution in [-0.4, -0.2) is 42.8 Å². The van der Waals surface area contributed by atoms with Gasteiger partial charge in [-0.05, 0) is 51.9 Å². The molecule has 5 heteroatoms. The quantitative estimate of drug-likeness (QED) is 0.258. The summed E-state index contributed by atoms with van der Waals surface area (Å²) in [4.78, 5) is 12.4. The van der Waals surface area contributed by atoms with Crippen molar-refractivity contribution in [2.45, 2.75) is 95.9 Å². The van der Waals surface area contributed by atoms with Crippen molar-refractivity contribution in [2.75, 3.05) is 6.61 Å². The third kappa shape index (κ3) is 7.96. The number of carbonyl (C=O) groups excluding carboxylic acids is 1. The van der Waals surface area contributed by atoms with Gasteiger partial charge in [0.2, 0.25) is 0 Å². The predicted molar refractivity (Wildman–Crippen MR) is 120 cm³/mol. The zero-order chi connectivity index (χ0) is 22.3. The largest absolute Gasteiger partial charge is 0.450 e. The highest BCUT2D eigenvalue weighted by Gasteiger charge is 2.38. The summed E-state index contributed by atoms with van der Waals surface area (Å²) in [6.45, 7) is 10.7. The van der Waals surface area contributed by atoms with E-state index in [9.17, 15) is 4.79 Å². The van der Waals surface area contributed by atoms with Gasteiger partial charge < -0.3 is 18.9 Å². The maximum absolute atomic E-state index is 12.4. The van der Waals surface area contributed by atoms with Crippen molar-refractivity contribution >= 4 is 5.97 Å². The van der Waals surface area contributed by atoms with Crippen molar-refractivity contribution in [3.05, 3.63) is 36.5 Å². The smallest absolute Gasteiger partial charge is 0.384 e. The molecule has 0 radical (unpaired) electrons. The van der Waals surface area contributed by atoms with E-state index < -0.39 is 17.9 Å². The van der Waals surface area contributed by atoms with Gasteiger partial charge in [-0.15, -0.1) is 0 Å². The van der Waals surface area contributed by atoms with Crippen molar-refractivity contribution in [3.63, 3.8) is 0 Å². The van der Waals surface area contributed by atoms with Gasteiger partial charge in [-0.25, -0.2) is 4.79 Å². The van der Waals surface area contributed by atoms with Gasteiger partial charge >= 0.3 is 5.97 Å². The van der Waals surface area contributed by atoms with Crippen LogP contribution in [0.4, 0.5) is 0 Å². The van der Waals surface area contributed by atoms with Gasteiger partial charge in [0.25, 0.3) is 0 Å². The Morgan fingerprint density at radius 1 is 1.16 bits per heavy atom. The van der Waals surface area contributed by atoms with E-state index in [1.165, 1.54) is 5.57 Å². The molecule has 0 aromatic heterocycles. The molecule has 31 heavy (non-hydrogen) atoms. The lowest BCUT2D eigenvalue weighted by atomic mass is 9.92. The van der Waals surface area contributed by atoms with Crippen LogP contribution < -0.4 is 0 Å². The topological polar surface area (TPSA) is 54.0 Å². The summed E-state index contributed by atoms with van der Waals surface area (Å²) in [5.41, 5.74) is 1.27. The van der Waals surface area contributed by atoms with E-state index in [1.54, 1.807) is 0 Å². The van der Waals surface area contributed by atoms with E-state index in [4.69, 9.17) is 18.9 Å². The van der Waals surface area contributed by atoms with Gasteiger partial charge in [0, 0.05) is 18.8 Å². The van der Waals surface area contributed by atoms with E-state index in [0.717, 1.165) is 32.1 Å². The van der Waals surface area contributed by atoms with Crippen molar-refractivity contribution in [2.24, 2.45) is 5.92 Å².